The normalized spacial score (nSPS) is 11.6. The van der Waals surface area contributed by atoms with E-state index in [0.717, 1.165) is 5.56 Å². The lowest BCUT2D eigenvalue weighted by Crippen LogP contribution is -2.00. The lowest BCUT2D eigenvalue weighted by molar-refractivity contribution is -0.0327. The van der Waals surface area contributed by atoms with E-state index in [1.54, 1.807) is 30.5 Å². The van der Waals surface area contributed by atoms with Crippen LogP contribution in [0.5, 0.6) is 0 Å². The molecule has 0 saturated carbocycles. The molecule has 0 N–H and O–H groups in total. The van der Waals surface area contributed by atoms with Crippen molar-refractivity contribution in [2.75, 3.05) is 0 Å². The molecular formula is C13H10F3NS. The van der Waals surface area contributed by atoms with Crippen molar-refractivity contribution in [1.82, 2.24) is 4.98 Å². The second-order valence-corrected chi connectivity index (χ2v) is 4.87. The Morgan fingerprint density at radius 3 is 2.50 bits per heavy atom. The van der Waals surface area contributed by atoms with Gasteiger partial charge in [0.1, 0.15) is 0 Å². The maximum Gasteiger partial charge on any atom is 0.446 e. The fraction of sp³-hybridized carbons (Fsp3) is 0.154. The van der Waals surface area contributed by atoms with E-state index in [1.165, 1.54) is 6.07 Å². The molecule has 0 spiro atoms. The summed E-state index contributed by atoms with van der Waals surface area (Å²) in [5, 5.41) is 0. The third-order valence-electron chi connectivity index (χ3n) is 2.30. The maximum atomic E-state index is 12.5. The average molecular weight is 269 g/mol. The van der Waals surface area contributed by atoms with Gasteiger partial charge < -0.3 is 0 Å². The molecule has 5 heteroatoms. The summed E-state index contributed by atoms with van der Waals surface area (Å²) < 4.78 is 37.4. The van der Waals surface area contributed by atoms with Crippen molar-refractivity contribution in [1.29, 1.82) is 0 Å². The molecule has 0 aliphatic carbocycles. The fourth-order valence-corrected chi connectivity index (χ4v) is 2.25. The molecule has 1 nitrogen and oxygen atoms in total. The number of alkyl halides is 3. The number of thioether (sulfide) groups is 1. The number of rotatable bonds is 2. The lowest BCUT2D eigenvalue weighted by Gasteiger charge is -2.10. The molecule has 2 aromatic rings. The molecule has 0 bridgehead atoms. The van der Waals surface area contributed by atoms with Gasteiger partial charge in [0.15, 0.2) is 0 Å². The van der Waals surface area contributed by atoms with Crippen molar-refractivity contribution >= 4 is 11.8 Å². The summed E-state index contributed by atoms with van der Waals surface area (Å²) in [5.41, 5.74) is -2.27. The Bertz CT molecular complexity index is 552. The van der Waals surface area contributed by atoms with Gasteiger partial charge in [-0.25, -0.2) is 0 Å². The topological polar surface area (TPSA) is 12.9 Å². The first-order chi connectivity index (χ1) is 8.46. The number of nitrogens with zero attached hydrogens (tertiary/aromatic N) is 1. The van der Waals surface area contributed by atoms with Gasteiger partial charge in [0.05, 0.1) is 5.69 Å². The number of hydrogen-bond acceptors (Lipinski definition) is 2. The van der Waals surface area contributed by atoms with Crippen molar-refractivity contribution in [3.63, 3.8) is 0 Å². The number of aryl methyl sites for hydroxylation is 1. The number of benzene rings is 1. The highest BCUT2D eigenvalue weighted by Crippen LogP contribution is 2.41. The molecule has 1 aromatic carbocycles. The zero-order valence-corrected chi connectivity index (χ0v) is 10.3. The molecule has 0 amide bonds. The van der Waals surface area contributed by atoms with Crippen LogP contribution in [-0.2, 0) is 0 Å². The van der Waals surface area contributed by atoms with Crippen LogP contribution in [0.15, 0.2) is 47.5 Å². The number of halogens is 3. The second kappa shape index (κ2) is 5.02. The van der Waals surface area contributed by atoms with Gasteiger partial charge in [0.25, 0.3) is 0 Å². The largest absolute Gasteiger partial charge is 0.446 e. The monoisotopic (exact) mass is 269 g/mol. The predicted molar refractivity (Wildman–Crippen MR) is 66.3 cm³/mol. The van der Waals surface area contributed by atoms with Crippen molar-refractivity contribution in [3.8, 4) is 11.3 Å². The Balaban J connectivity index is 2.45. The van der Waals surface area contributed by atoms with E-state index in [-0.39, 0.29) is 16.7 Å². The van der Waals surface area contributed by atoms with Crippen LogP contribution in [-0.4, -0.2) is 10.5 Å². The van der Waals surface area contributed by atoms with Crippen LogP contribution in [0, 0.1) is 6.92 Å². The molecule has 1 aromatic heterocycles. The zero-order valence-electron chi connectivity index (χ0n) is 9.53. The number of pyridine rings is 1. The Labute approximate surface area is 107 Å². The van der Waals surface area contributed by atoms with Gasteiger partial charge in [-0.3, -0.25) is 4.98 Å². The van der Waals surface area contributed by atoms with E-state index in [4.69, 9.17) is 0 Å². The Morgan fingerprint density at radius 1 is 1.11 bits per heavy atom. The van der Waals surface area contributed by atoms with E-state index in [1.807, 2.05) is 13.0 Å². The van der Waals surface area contributed by atoms with Gasteiger partial charge in [-0.15, -0.1) is 0 Å². The number of aromatic nitrogens is 1. The van der Waals surface area contributed by atoms with Gasteiger partial charge >= 0.3 is 5.51 Å². The summed E-state index contributed by atoms with van der Waals surface area (Å²) in [6.45, 7) is 1.88. The summed E-state index contributed by atoms with van der Waals surface area (Å²) >= 11 is -0.112. The summed E-state index contributed by atoms with van der Waals surface area (Å²) in [6.07, 6.45) is 1.60. The minimum absolute atomic E-state index is 0.112. The molecule has 0 unspecified atom stereocenters. The van der Waals surface area contributed by atoms with E-state index in [2.05, 4.69) is 4.98 Å². The molecule has 1 heterocycles. The lowest BCUT2D eigenvalue weighted by atomic mass is 10.1. The summed E-state index contributed by atoms with van der Waals surface area (Å²) in [6, 6.07) is 9.99. The summed E-state index contributed by atoms with van der Waals surface area (Å²) in [5.74, 6) is 0. The van der Waals surface area contributed by atoms with Gasteiger partial charge in [0, 0.05) is 16.7 Å². The second-order valence-electron chi connectivity index (χ2n) is 3.76. The smallest absolute Gasteiger partial charge is 0.256 e. The van der Waals surface area contributed by atoms with Gasteiger partial charge in [-0.05, 0) is 42.4 Å². The van der Waals surface area contributed by atoms with Crippen LogP contribution < -0.4 is 0 Å². The Hall–Kier alpha value is -1.49. The molecule has 0 aliphatic rings. The van der Waals surface area contributed by atoms with Gasteiger partial charge in [-0.1, -0.05) is 18.2 Å². The molecule has 2 rings (SSSR count). The molecule has 18 heavy (non-hydrogen) atoms. The summed E-state index contributed by atoms with van der Waals surface area (Å²) in [4.78, 5) is 4.29. The van der Waals surface area contributed by atoms with Crippen molar-refractivity contribution in [2.45, 2.75) is 17.3 Å². The highest BCUT2D eigenvalue weighted by Gasteiger charge is 2.30. The van der Waals surface area contributed by atoms with Crippen LogP contribution in [0.4, 0.5) is 13.2 Å². The molecule has 0 saturated heterocycles. The summed E-state index contributed by atoms with van der Waals surface area (Å²) in [7, 11) is 0. The first-order valence-corrected chi connectivity index (χ1v) is 6.05. The quantitative estimate of drug-likeness (QED) is 0.735. The Kier molecular flexibility index (Phi) is 3.61. The third kappa shape index (κ3) is 3.26. The zero-order chi connectivity index (χ0) is 13.2. The maximum absolute atomic E-state index is 12.5. The van der Waals surface area contributed by atoms with E-state index >= 15 is 0 Å². The Morgan fingerprint density at radius 2 is 1.83 bits per heavy atom. The van der Waals surface area contributed by atoms with E-state index in [9.17, 15) is 13.2 Å². The third-order valence-corrected chi connectivity index (χ3v) is 3.11. The van der Waals surface area contributed by atoms with E-state index in [0.29, 0.717) is 11.3 Å². The minimum atomic E-state index is -4.29. The highest BCUT2D eigenvalue weighted by atomic mass is 32.2. The van der Waals surface area contributed by atoms with Crippen LogP contribution in [0.3, 0.4) is 0 Å². The molecule has 0 radical (unpaired) electrons. The molecular weight excluding hydrogens is 259 g/mol. The first-order valence-electron chi connectivity index (χ1n) is 5.23. The molecule has 0 atom stereocenters. The highest BCUT2D eigenvalue weighted by molar-refractivity contribution is 8.00. The minimum Gasteiger partial charge on any atom is -0.256 e. The number of hydrogen-bond donors (Lipinski definition) is 0. The van der Waals surface area contributed by atoms with E-state index < -0.39 is 5.51 Å². The molecule has 0 fully saturated rings. The first kappa shape index (κ1) is 13.0. The fourth-order valence-electron chi connectivity index (χ4n) is 1.58. The molecule has 94 valence electrons. The van der Waals surface area contributed by atoms with Crippen LogP contribution in [0.1, 0.15) is 5.56 Å². The van der Waals surface area contributed by atoms with Crippen LogP contribution in [0.25, 0.3) is 11.3 Å². The van der Waals surface area contributed by atoms with Crippen LogP contribution >= 0.6 is 11.8 Å². The van der Waals surface area contributed by atoms with Crippen LogP contribution in [0.2, 0.25) is 0 Å². The SMILES string of the molecule is Cc1ccnc(-c2ccccc2SC(F)(F)F)c1. The average Bonchev–Trinajstić information content (AvgIpc) is 2.27. The van der Waals surface area contributed by atoms with Crippen molar-refractivity contribution in [3.05, 3.63) is 48.2 Å². The predicted octanol–water partition coefficient (Wildman–Crippen LogP) is 4.67. The van der Waals surface area contributed by atoms with Gasteiger partial charge in [-0.2, -0.15) is 13.2 Å². The van der Waals surface area contributed by atoms with Crippen molar-refractivity contribution in [2.24, 2.45) is 0 Å². The molecule has 0 aliphatic heterocycles. The van der Waals surface area contributed by atoms with Crippen molar-refractivity contribution < 1.29 is 13.2 Å². The van der Waals surface area contributed by atoms with Gasteiger partial charge in [0.2, 0.25) is 0 Å². The standard InChI is InChI=1S/C13H10F3NS/c1-9-6-7-17-11(8-9)10-4-2-3-5-12(10)18-13(14,15)16/h2-8H,1H3.